The Hall–Kier alpha value is -3.83. The summed E-state index contributed by atoms with van der Waals surface area (Å²) in [5.74, 6) is -3.51. The summed E-state index contributed by atoms with van der Waals surface area (Å²) in [6.07, 6.45) is 5.67. The number of nitrogens with two attached hydrogens (primary N) is 1. The molecule has 1 aromatic rings. The Bertz CT molecular complexity index is 1280. The van der Waals surface area contributed by atoms with Crippen LogP contribution in [0.2, 0.25) is 0 Å². The van der Waals surface area contributed by atoms with Gasteiger partial charge in [0.15, 0.2) is 5.78 Å². The molecule has 45 heavy (non-hydrogen) atoms. The third-order valence-electron chi connectivity index (χ3n) is 8.79. The predicted octanol–water partition coefficient (Wildman–Crippen LogP) is 2.61. The summed E-state index contributed by atoms with van der Waals surface area (Å²) in [7, 11) is 0. The molecule has 0 radical (unpaired) electrons. The molecule has 1 aromatic heterocycles. The largest absolute Gasteiger partial charge is 0.363 e. The van der Waals surface area contributed by atoms with Gasteiger partial charge < -0.3 is 26.6 Å². The van der Waals surface area contributed by atoms with Crippen molar-refractivity contribution >= 4 is 35.3 Å². The lowest BCUT2D eigenvalue weighted by Gasteiger charge is -2.39. The van der Waals surface area contributed by atoms with Gasteiger partial charge in [0.05, 0.1) is 12.1 Å². The maximum atomic E-state index is 14.3. The minimum absolute atomic E-state index is 0.228. The zero-order chi connectivity index (χ0) is 33.9. The van der Waals surface area contributed by atoms with Crippen LogP contribution in [0.5, 0.6) is 0 Å². The molecule has 1 saturated heterocycles. The predicted molar refractivity (Wildman–Crippen MR) is 169 cm³/mol. The molecular weight excluding hydrogens is 576 g/mol. The van der Waals surface area contributed by atoms with Crippen LogP contribution in [0.3, 0.4) is 0 Å². The molecule has 1 aliphatic carbocycles. The second-order valence-electron chi connectivity index (χ2n) is 14.9. The van der Waals surface area contributed by atoms with Crippen LogP contribution in [0, 0.1) is 28.6 Å². The van der Waals surface area contributed by atoms with Crippen molar-refractivity contribution in [3.8, 4) is 0 Å². The lowest BCUT2D eigenvalue weighted by Crippen LogP contribution is -2.62. The Labute approximate surface area is 266 Å². The summed E-state index contributed by atoms with van der Waals surface area (Å²) in [6, 6.07) is -1.44. The number of rotatable bonds is 12. The Morgan fingerprint density at radius 3 is 2.02 bits per heavy atom. The molecule has 5 N–H and O–H groups in total. The smallest absolute Gasteiger partial charge is 0.316 e. The molecule has 1 saturated carbocycles. The van der Waals surface area contributed by atoms with Crippen molar-refractivity contribution in [1.82, 2.24) is 25.8 Å². The Morgan fingerprint density at radius 2 is 1.53 bits per heavy atom. The van der Waals surface area contributed by atoms with E-state index in [1.54, 1.807) is 12.1 Å². The van der Waals surface area contributed by atoms with Crippen LogP contribution in [0.4, 0.5) is 4.79 Å². The number of Topliss-reactive ketones (excluding diaryl/α,β-unsaturated/α-hetero) is 2. The second-order valence-corrected chi connectivity index (χ2v) is 14.9. The van der Waals surface area contributed by atoms with Crippen LogP contribution in [-0.2, 0) is 19.2 Å². The van der Waals surface area contributed by atoms with E-state index in [0.717, 1.165) is 12.8 Å². The third kappa shape index (κ3) is 9.11. The lowest BCUT2D eigenvalue weighted by atomic mass is 9.75. The zero-order valence-electron chi connectivity index (χ0n) is 27.8. The third-order valence-corrected chi connectivity index (χ3v) is 8.79. The molecule has 1 aliphatic heterocycles. The second kappa shape index (κ2) is 14.1. The van der Waals surface area contributed by atoms with Crippen LogP contribution < -0.4 is 21.7 Å². The van der Waals surface area contributed by atoms with E-state index in [9.17, 15) is 28.8 Å². The van der Waals surface area contributed by atoms with E-state index in [2.05, 4.69) is 20.9 Å². The first-order valence-electron chi connectivity index (χ1n) is 15.8. The molecule has 12 heteroatoms. The molecule has 1 unspecified atom stereocenters. The lowest BCUT2D eigenvalue weighted by molar-refractivity contribution is -0.145. The molecule has 5 atom stereocenters. The molecule has 0 aromatic carbocycles. The fourth-order valence-corrected chi connectivity index (χ4v) is 5.98. The minimum atomic E-state index is -1.11. The van der Waals surface area contributed by atoms with E-state index in [0.29, 0.717) is 18.4 Å². The molecule has 2 heterocycles. The van der Waals surface area contributed by atoms with Gasteiger partial charge in [-0.1, -0.05) is 68.2 Å². The number of pyridine rings is 1. The van der Waals surface area contributed by atoms with Gasteiger partial charge in [-0.25, -0.2) is 4.79 Å². The first kappa shape index (κ1) is 35.6. The number of likely N-dealkylation sites (tertiary alicyclic amines) is 1. The number of nitrogens with one attached hydrogen (secondary N) is 3. The highest BCUT2D eigenvalue weighted by Gasteiger charge is 2.50. The number of primary amides is 1. The van der Waals surface area contributed by atoms with E-state index in [1.807, 2.05) is 55.4 Å². The average Bonchev–Trinajstić information content (AvgIpc) is 3.64. The molecule has 2 fully saturated rings. The number of carbonyl (C=O) groups excluding carboxylic acids is 6. The van der Waals surface area contributed by atoms with Gasteiger partial charge >= 0.3 is 6.03 Å². The number of hydrogen-bond acceptors (Lipinski definition) is 7. The fourth-order valence-electron chi connectivity index (χ4n) is 5.98. The van der Waals surface area contributed by atoms with Crippen LogP contribution in [-0.4, -0.2) is 75.9 Å². The monoisotopic (exact) mass is 626 g/mol. The first-order valence-corrected chi connectivity index (χ1v) is 15.8. The van der Waals surface area contributed by atoms with Crippen LogP contribution in [0.15, 0.2) is 24.5 Å². The molecule has 0 bridgehead atoms. The van der Waals surface area contributed by atoms with Crippen molar-refractivity contribution in [3.63, 3.8) is 0 Å². The molecular formula is C33H50N6O6. The van der Waals surface area contributed by atoms with Crippen molar-refractivity contribution in [2.75, 3.05) is 6.54 Å². The van der Waals surface area contributed by atoms with E-state index in [1.165, 1.54) is 17.3 Å². The van der Waals surface area contributed by atoms with E-state index in [-0.39, 0.29) is 35.5 Å². The number of amides is 5. The number of hydrogen-bond donors (Lipinski definition) is 4. The normalized spacial score (nSPS) is 20.6. The van der Waals surface area contributed by atoms with Crippen molar-refractivity contribution < 1.29 is 28.8 Å². The van der Waals surface area contributed by atoms with Gasteiger partial charge in [0.25, 0.3) is 5.91 Å². The Morgan fingerprint density at radius 1 is 0.933 bits per heavy atom. The summed E-state index contributed by atoms with van der Waals surface area (Å²) in [6.45, 7) is 15.3. The Balaban J connectivity index is 1.86. The molecule has 248 valence electrons. The van der Waals surface area contributed by atoms with Gasteiger partial charge in [-0.3, -0.25) is 29.0 Å². The van der Waals surface area contributed by atoms with Crippen LogP contribution >= 0.6 is 0 Å². The van der Waals surface area contributed by atoms with E-state index < -0.39 is 59.1 Å². The molecule has 3 rings (SSSR count). The summed E-state index contributed by atoms with van der Waals surface area (Å²) in [5, 5.41) is 8.30. The van der Waals surface area contributed by atoms with Gasteiger partial charge in [0.2, 0.25) is 17.6 Å². The zero-order valence-corrected chi connectivity index (χ0v) is 27.8. The minimum Gasteiger partial charge on any atom is -0.363 e. The van der Waals surface area contributed by atoms with Crippen LogP contribution in [0.1, 0.15) is 91.4 Å². The van der Waals surface area contributed by atoms with Crippen molar-refractivity contribution in [2.45, 2.75) is 105 Å². The molecule has 5 amide bonds. The maximum Gasteiger partial charge on any atom is 0.316 e. The number of ketones is 2. The summed E-state index contributed by atoms with van der Waals surface area (Å²) < 4.78 is 0. The first-order chi connectivity index (χ1) is 20.8. The van der Waals surface area contributed by atoms with Crippen molar-refractivity contribution in [1.29, 1.82) is 0 Å². The Kier molecular flexibility index (Phi) is 11.2. The molecule has 12 nitrogen and oxygen atoms in total. The fraction of sp³-hybridized carbons (Fsp3) is 0.667. The van der Waals surface area contributed by atoms with Gasteiger partial charge in [0, 0.05) is 24.5 Å². The number of aromatic nitrogens is 1. The SMILES string of the molecule is CC(C)[C@H](NC(=O)N[C@H](C(=O)N1CC[C@H](C(C)(C)C)[C@H]1C(=O)NC(CC1CC1)C(=O)C(N)=O)C(C)(C)C)C(=O)c1ccncc1. The van der Waals surface area contributed by atoms with Crippen LogP contribution in [0.25, 0.3) is 0 Å². The maximum absolute atomic E-state index is 14.3. The topological polar surface area (TPSA) is 181 Å². The number of carbonyl (C=O) groups is 6. The standard InChI is InChI=1S/C33H50N6O6/c1-18(2)23(25(40)20-11-14-35-15-12-20)37-31(45)38-27(33(6,7)8)30(44)39-16-13-21(32(3,4)5)24(39)29(43)36-22(17-19-9-10-19)26(41)28(34)42/h11-12,14-15,18-19,21-24,27H,9-10,13,16-17H2,1-8H3,(H2,34,42)(H,36,43)(H2,37,38,45)/t21-,22?,23-,24-,27+/m0/s1. The summed E-state index contributed by atoms with van der Waals surface area (Å²) >= 11 is 0. The highest BCUT2D eigenvalue weighted by molar-refractivity contribution is 6.37. The van der Waals surface area contributed by atoms with Gasteiger partial charge in [-0.15, -0.1) is 0 Å². The highest BCUT2D eigenvalue weighted by Crippen LogP contribution is 2.40. The number of urea groups is 1. The molecule has 0 spiro atoms. The highest BCUT2D eigenvalue weighted by atomic mass is 16.2. The van der Waals surface area contributed by atoms with Gasteiger partial charge in [-0.05, 0) is 53.6 Å². The average molecular weight is 627 g/mol. The number of nitrogens with zero attached hydrogens (tertiary/aromatic N) is 2. The van der Waals surface area contributed by atoms with E-state index >= 15 is 0 Å². The summed E-state index contributed by atoms with van der Waals surface area (Å²) in [4.78, 5) is 84.6. The van der Waals surface area contributed by atoms with Gasteiger partial charge in [-0.2, -0.15) is 0 Å². The van der Waals surface area contributed by atoms with E-state index in [4.69, 9.17) is 5.73 Å². The quantitative estimate of drug-likeness (QED) is 0.203. The van der Waals surface area contributed by atoms with Gasteiger partial charge in [0.1, 0.15) is 12.1 Å². The molecule has 2 aliphatic rings. The summed E-state index contributed by atoms with van der Waals surface area (Å²) in [5.41, 5.74) is 4.55. The van der Waals surface area contributed by atoms with Crippen molar-refractivity contribution in [2.24, 2.45) is 34.3 Å². The van der Waals surface area contributed by atoms with Crippen molar-refractivity contribution in [3.05, 3.63) is 30.1 Å².